The molecule has 2 unspecified atom stereocenters. The topological polar surface area (TPSA) is 69.6 Å². The largest absolute Gasteiger partial charge is 0.394 e. The van der Waals surface area contributed by atoms with Gasteiger partial charge in [0.2, 0.25) is 5.91 Å². The van der Waals surface area contributed by atoms with Gasteiger partial charge in [0.05, 0.1) is 18.8 Å². The first-order valence-electron chi connectivity index (χ1n) is 27.2. The fourth-order valence-electron chi connectivity index (χ4n) is 7.58. The summed E-state index contributed by atoms with van der Waals surface area (Å²) in [6, 6.07) is -0.630. The average molecular weight is 898 g/mol. The first kappa shape index (κ1) is 61.8. The van der Waals surface area contributed by atoms with E-state index >= 15 is 0 Å². The molecule has 65 heavy (non-hydrogen) atoms. The molecule has 4 nitrogen and oxygen atoms in total. The summed E-state index contributed by atoms with van der Waals surface area (Å²) in [5.41, 5.74) is 0. The van der Waals surface area contributed by atoms with Gasteiger partial charge in [-0.3, -0.25) is 4.79 Å². The van der Waals surface area contributed by atoms with E-state index in [4.69, 9.17) is 0 Å². The fourth-order valence-corrected chi connectivity index (χ4v) is 7.58. The summed E-state index contributed by atoms with van der Waals surface area (Å²) < 4.78 is 0. The van der Waals surface area contributed by atoms with Crippen molar-refractivity contribution >= 4 is 5.91 Å². The maximum Gasteiger partial charge on any atom is 0.220 e. The van der Waals surface area contributed by atoms with Gasteiger partial charge < -0.3 is 15.5 Å². The maximum absolute atomic E-state index is 12.4. The minimum atomic E-state index is -0.846. The van der Waals surface area contributed by atoms with Crippen LogP contribution in [0, 0.1) is 0 Å². The van der Waals surface area contributed by atoms with Crippen LogP contribution in [0.15, 0.2) is 122 Å². The number of hydrogen-bond acceptors (Lipinski definition) is 3. The first-order valence-corrected chi connectivity index (χ1v) is 27.2. The van der Waals surface area contributed by atoms with Gasteiger partial charge in [0.25, 0.3) is 0 Å². The van der Waals surface area contributed by atoms with Crippen LogP contribution in [0.25, 0.3) is 0 Å². The Morgan fingerprint density at radius 1 is 0.385 bits per heavy atom. The predicted octanol–water partition coefficient (Wildman–Crippen LogP) is 18.1. The molecular weight excluding hydrogens is 795 g/mol. The van der Waals surface area contributed by atoms with Crippen LogP contribution in [0.1, 0.15) is 239 Å². The molecule has 1 amide bonds. The number of unbranched alkanes of at least 4 members (excludes halogenated alkanes) is 23. The van der Waals surface area contributed by atoms with Crippen molar-refractivity contribution in [2.45, 2.75) is 251 Å². The van der Waals surface area contributed by atoms with E-state index in [9.17, 15) is 15.0 Å². The van der Waals surface area contributed by atoms with Crippen LogP contribution in [0.2, 0.25) is 0 Å². The average Bonchev–Trinajstić information content (AvgIpc) is 3.31. The molecule has 0 heterocycles. The van der Waals surface area contributed by atoms with Crippen molar-refractivity contribution in [1.29, 1.82) is 0 Å². The summed E-state index contributed by atoms with van der Waals surface area (Å²) in [6.07, 6.45) is 84.8. The number of nitrogens with one attached hydrogen (secondary N) is 1. The number of amides is 1. The molecule has 0 fully saturated rings. The molecule has 0 spiro atoms. The van der Waals surface area contributed by atoms with Gasteiger partial charge in [0, 0.05) is 6.42 Å². The highest BCUT2D eigenvalue weighted by molar-refractivity contribution is 5.76. The third-order valence-corrected chi connectivity index (χ3v) is 11.7. The van der Waals surface area contributed by atoms with Crippen LogP contribution >= 0.6 is 0 Å². The Morgan fingerprint density at radius 3 is 1.02 bits per heavy atom. The van der Waals surface area contributed by atoms with Crippen LogP contribution in [0.3, 0.4) is 0 Å². The quantitative estimate of drug-likeness (QED) is 0.0421. The summed E-state index contributed by atoms with van der Waals surface area (Å²) in [4.78, 5) is 12.4. The van der Waals surface area contributed by atoms with Crippen LogP contribution in [-0.2, 0) is 4.79 Å². The normalized spacial score (nSPS) is 13.8. The van der Waals surface area contributed by atoms with Crippen LogP contribution in [0.5, 0.6) is 0 Å². The Bertz CT molecular complexity index is 1290. The Labute approximate surface area is 403 Å². The summed E-state index contributed by atoms with van der Waals surface area (Å²) in [7, 11) is 0. The van der Waals surface area contributed by atoms with E-state index in [0.717, 1.165) is 83.5 Å². The number of allylic oxidation sites excluding steroid dienone is 19. The minimum Gasteiger partial charge on any atom is -0.394 e. The summed E-state index contributed by atoms with van der Waals surface area (Å²) in [5.74, 6) is -0.0721. The third-order valence-electron chi connectivity index (χ3n) is 11.7. The zero-order valence-electron chi connectivity index (χ0n) is 42.5. The van der Waals surface area contributed by atoms with E-state index in [1.807, 2.05) is 6.08 Å². The SMILES string of the molecule is CC/C=C\C/C=C\C/C=C\C/C=C\C/C=C\C/C=C\C/C=C\C/C=C\C/C=C\CCCCCCCCCCCCCC(=O)NC(CO)C(O)/C=C/CCCCCCCCCCCCCC. The van der Waals surface area contributed by atoms with Gasteiger partial charge in [-0.05, 0) is 89.9 Å². The molecule has 0 aromatic rings. The maximum atomic E-state index is 12.4. The standard InChI is InChI=1S/C61H103NO3/c1-3-5-7-9-11-13-15-17-19-20-21-22-23-24-25-26-27-28-29-30-31-32-33-34-35-36-37-38-39-40-41-42-43-45-47-49-51-53-55-57-61(65)62-59(58-63)60(64)56-54-52-50-48-46-44-18-16-14-12-10-8-6-4-2/h5,7,11,13,17,19,21-22,24-25,27-28,30-31,33-34,36-37,54,56,59-60,63-64H,3-4,6,8-10,12,14-16,18,20,23,26,29,32,35,38-53,55,57-58H2,1-2H3,(H,62,65)/b7-5-,13-11-,19-17-,22-21-,25-24-,28-27-,31-30-,34-33-,37-36-,56-54+. The molecule has 0 rings (SSSR count). The highest BCUT2D eigenvalue weighted by Gasteiger charge is 2.18. The van der Waals surface area contributed by atoms with Crippen molar-refractivity contribution in [2.24, 2.45) is 0 Å². The molecule has 0 aromatic carbocycles. The zero-order chi connectivity index (χ0) is 47.0. The van der Waals surface area contributed by atoms with Crippen molar-refractivity contribution in [1.82, 2.24) is 5.32 Å². The molecule has 0 saturated carbocycles. The lowest BCUT2D eigenvalue weighted by molar-refractivity contribution is -0.123. The Morgan fingerprint density at radius 2 is 0.677 bits per heavy atom. The summed E-state index contributed by atoms with van der Waals surface area (Å²) in [5, 5.41) is 23.1. The van der Waals surface area contributed by atoms with E-state index in [1.54, 1.807) is 6.08 Å². The van der Waals surface area contributed by atoms with Crippen molar-refractivity contribution < 1.29 is 15.0 Å². The molecule has 0 aliphatic rings. The van der Waals surface area contributed by atoms with E-state index in [2.05, 4.69) is 129 Å². The van der Waals surface area contributed by atoms with E-state index in [-0.39, 0.29) is 12.5 Å². The molecule has 0 aliphatic carbocycles. The van der Waals surface area contributed by atoms with Gasteiger partial charge in [0.15, 0.2) is 0 Å². The monoisotopic (exact) mass is 898 g/mol. The molecule has 0 radical (unpaired) electrons. The minimum absolute atomic E-state index is 0.0721. The highest BCUT2D eigenvalue weighted by atomic mass is 16.3. The third kappa shape index (κ3) is 51.6. The van der Waals surface area contributed by atoms with Crippen LogP contribution in [-0.4, -0.2) is 34.9 Å². The number of carbonyl (C=O) groups excluding carboxylic acids is 1. The van der Waals surface area contributed by atoms with Gasteiger partial charge in [-0.2, -0.15) is 0 Å². The smallest absolute Gasteiger partial charge is 0.220 e. The fraction of sp³-hybridized carbons (Fsp3) is 0.656. The molecule has 0 bridgehead atoms. The zero-order valence-corrected chi connectivity index (χ0v) is 42.5. The molecular formula is C61H103NO3. The predicted molar refractivity (Wildman–Crippen MR) is 289 cm³/mol. The molecule has 3 N–H and O–H groups in total. The Hall–Kier alpha value is -3.21. The second-order valence-electron chi connectivity index (χ2n) is 17.9. The summed E-state index contributed by atoms with van der Waals surface area (Å²) >= 11 is 0. The Balaban J connectivity index is 3.59. The Kier molecular flexibility index (Phi) is 52.4. The highest BCUT2D eigenvalue weighted by Crippen LogP contribution is 2.15. The van der Waals surface area contributed by atoms with Crippen LogP contribution < -0.4 is 5.32 Å². The second-order valence-corrected chi connectivity index (χ2v) is 17.9. The van der Waals surface area contributed by atoms with Crippen molar-refractivity contribution in [3.8, 4) is 0 Å². The van der Waals surface area contributed by atoms with Crippen molar-refractivity contribution in [3.63, 3.8) is 0 Å². The van der Waals surface area contributed by atoms with E-state index in [1.165, 1.54) is 135 Å². The molecule has 0 saturated heterocycles. The molecule has 0 aliphatic heterocycles. The van der Waals surface area contributed by atoms with E-state index < -0.39 is 12.1 Å². The molecule has 0 aromatic heterocycles. The second kappa shape index (κ2) is 55.1. The molecule has 4 heteroatoms. The van der Waals surface area contributed by atoms with E-state index in [0.29, 0.717) is 6.42 Å². The van der Waals surface area contributed by atoms with Gasteiger partial charge >= 0.3 is 0 Å². The lowest BCUT2D eigenvalue weighted by Crippen LogP contribution is -2.45. The molecule has 2 atom stereocenters. The first-order chi connectivity index (χ1) is 32.2. The lowest BCUT2D eigenvalue weighted by Gasteiger charge is -2.20. The van der Waals surface area contributed by atoms with Crippen molar-refractivity contribution in [2.75, 3.05) is 6.61 Å². The number of rotatable bonds is 48. The van der Waals surface area contributed by atoms with Gasteiger partial charge in [-0.15, -0.1) is 0 Å². The number of aliphatic hydroxyl groups excluding tert-OH is 2. The van der Waals surface area contributed by atoms with Gasteiger partial charge in [-0.25, -0.2) is 0 Å². The van der Waals surface area contributed by atoms with Gasteiger partial charge in [0.1, 0.15) is 0 Å². The number of carbonyl (C=O) groups is 1. The number of hydrogen-bond donors (Lipinski definition) is 3. The molecule has 370 valence electrons. The number of aliphatic hydroxyl groups is 2. The summed E-state index contributed by atoms with van der Waals surface area (Å²) in [6.45, 7) is 4.18. The van der Waals surface area contributed by atoms with Gasteiger partial charge in [-0.1, -0.05) is 264 Å². The van der Waals surface area contributed by atoms with Crippen molar-refractivity contribution in [3.05, 3.63) is 122 Å². The van der Waals surface area contributed by atoms with Crippen LogP contribution in [0.4, 0.5) is 0 Å². The lowest BCUT2D eigenvalue weighted by atomic mass is 10.0.